The highest BCUT2D eigenvalue weighted by Gasteiger charge is 2.26. The van der Waals surface area contributed by atoms with Crippen LogP contribution >= 0.6 is 0 Å². The largest absolute Gasteiger partial charge is 0.459 e. The zero-order valence-electron chi connectivity index (χ0n) is 23.3. The van der Waals surface area contributed by atoms with E-state index in [-0.39, 0.29) is 29.7 Å². The summed E-state index contributed by atoms with van der Waals surface area (Å²) in [6.07, 6.45) is 0.133. The van der Waals surface area contributed by atoms with E-state index in [2.05, 4.69) is 5.32 Å². The minimum absolute atomic E-state index is 0.0808. The summed E-state index contributed by atoms with van der Waals surface area (Å²) in [6.45, 7) is 5.44. The number of halogens is 3. The predicted octanol–water partition coefficient (Wildman–Crippen LogP) is 5.28. The first-order valence-corrected chi connectivity index (χ1v) is 13.2. The Balaban J connectivity index is 1.58. The van der Waals surface area contributed by atoms with Crippen LogP contribution in [0.1, 0.15) is 53.9 Å². The van der Waals surface area contributed by atoms with Crippen LogP contribution in [0.5, 0.6) is 0 Å². The first-order chi connectivity index (χ1) is 19.9. The van der Waals surface area contributed by atoms with Crippen molar-refractivity contribution in [2.75, 3.05) is 12.3 Å². The molecule has 0 unspecified atom stereocenters. The minimum Gasteiger partial charge on any atom is -0.459 e. The number of hydrogen-bond acceptors (Lipinski definition) is 6. The van der Waals surface area contributed by atoms with Crippen LogP contribution < -0.4 is 16.6 Å². The van der Waals surface area contributed by atoms with Crippen molar-refractivity contribution in [2.45, 2.75) is 38.8 Å². The smallest absolute Gasteiger partial charge is 0.328 e. The highest BCUT2D eigenvalue weighted by atomic mass is 19.1. The fraction of sp³-hybridized carbons (Fsp3) is 0.219. The topological polar surface area (TPSA) is 103 Å². The van der Waals surface area contributed by atoms with Crippen LogP contribution in [0.4, 0.5) is 19.0 Å². The lowest BCUT2D eigenvalue weighted by molar-refractivity contribution is -0.157. The quantitative estimate of drug-likeness (QED) is 0.207. The molecule has 0 saturated heterocycles. The fourth-order valence-electron chi connectivity index (χ4n) is 4.41. The molecule has 0 bridgehead atoms. The molecule has 1 aromatic heterocycles. The van der Waals surface area contributed by atoms with E-state index < -0.39 is 57.9 Å². The maximum atomic E-state index is 15.3. The van der Waals surface area contributed by atoms with Gasteiger partial charge in [0, 0.05) is 18.2 Å². The first kappa shape index (κ1) is 30.3. The highest BCUT2D eigenvalue weighted by molar-refractivity contribution is 6.11. The van der Waals surface area contributed by atoms with Crippen molar-refractivity contribution in [3.63, 3.8) is 0 Å². The van der Waals surface area contributed by atoms with E-state index >= 15 is 8.78 Å². The summed E-state index contributed by atoms with van der Waals surface area (Å²) >= 11 is 0. The molecule has 0 aliphatic carbocycles. The molecule has 1 heterocycles. The normalized spacial score (nSPS) is 12.1. The highest BCUT2D eigenvalue weighted by Crippen LogP contribution is 2.25. The summed E-state index contributed by atoms with van der Waals surface area (Å²) in [5.74, 6) is -4.31. The zero-order chi connectivity index (χ0) is 30.6. The molecule has 1 atom stereocenters. The molecule has 0 aliphatic rings. The first-order valence-electron chi connectivity index (χ1n) is 13.2. The number of aromatic nitrogens is 1. The average Bonchev–Trinajstić information content (AvgIpc) is 2.92. The van der Waals surface area contributed by atoms with Crippen molar-refractivity contribution >= 4 is 17.6 Å². The number of ketones is 1. The summed E-state index contributed by atoms with van der Waals surface area (Å²) in [5.41, 5.74) is 4.61. The van der Waals surface area contributed by atoms with Gasteiger partial charge in [0.15, 0.2) is 17.4 Å². The number of hydrogen-bond donors (Lipinski definition) is 2. The molecule has 4 rings (SSSR count). The van der Waals surface area contributed by atoms with Gasteiger partial charge in [-0.3, -0.25) is 14.2 Å². The van der Waals surface area contributed by atoms with Crippen LogP contribution in [0.25, 0.3) is 5.69 Å². The van der Waals surface area contributed by atoms with E-state index in [9.17, 15) is 18.8 Å². The lowest BCUT2D eigenvalue weighted by Gasteiger charge is -2.25. The number of ether oxygens (including phenoxy) is 1. The second-order valence-corrected chi connectivity index (χ2v) is 10.6. The van der Waals surface area contributed by atoms with Crippen molar-refractivity contribution in [2.24, 2.45) is 0 Å². The molecule has 3 aromatic carbocycles. The summed E-state index contributed by atoms with van der Waals surface area (Å²) in [4.78, 5) is 38.5. The number of carbonyl (C=O) groups excluding carboxylic acids is 2. The molecule has 0 saturated carbocycles. The fourth-order valence-corrected chi connectivity index (χ4v) is 4.41. The van der Waals surface area contributed by atoms with Crippen LogP contribution in [-0.2, 0) is 16.0 Å². The molecule has 3 N–H and O–H groups in total. The summed E-state index contributed by atoms with van der Waals surface area (Å²) in [6, 6.07) is 17.0. The summed E-state index contributed by atoms with van der Waals surface area (Å²) in [5, 5.41) is 3.09. The third-order valence-corrected chi connectivity index (χ3v) is 6.32. The number of nitrogens with zero attached hydrogens (tertiary/aromatic N) is 1. The second-order valence-electron chi connectivity index (χ2n) is 10.6. The van der Waals surface area contributed by atoms with Crippen molar-refractivity contribution < 1.29 is 27.5 Å². The van der Waals surface area contributed by atoms with Crippen LogP contribution in [0, 0.1) is 17.5 Å². The maximum absolute atomic E-state index is 15.3. The number of nitrogens with two attached hydrogens (primary N) is 1. The van der Waals surface area contributed by atoms with Gasteiger partial charge in [-0.25, -0.2) is 18.0 Å². The van der Waals surface area contributed by atoms with Crippen LogP contribution in [0.15, 0.2) is 83.7 Å². The van der Waals surface area contributed by atoms with Crippen LogP contribution in [-0.4, -0.2) is 28.5 Å². The second kappa shape index (κ2) is 12.4. The molecule has 0 radical (unpaired) electrons. The number of anilines is 1. The average molecular weight is 578 g/mol. The molecule has 0 spiro atoms. The van der Waals surface area contributed by atoms with E-state index in [0.29, 0.717) is 10.1 Å². The number of nitrogens with one attached hydrogen (secondary N) is 1. The van der Waals surface area contributed by atoms with Gasteiger partial charge in [-0.1, -0.05) is 30.3 Å². The molecule has 0 amide bonds. The number of pyridine rings is 1. The Labute approximate surface area is 240 Å². The number of benzene rings is 3. The molecular formula is C32H30F3N3O4. The number of rotatable bonds is 9. The Morgan fingerprint density at radius 2 is 1.55 bits per heavy atom. The molecular weight excluding hydrogens is 547 g/mol. The monoisotopic (exact) mass is 577 g/mol. The maximum Gasteiger partial charge on any atom is 0.328 e. The Kier molecular flexibility index (Phi) is 8.96. The SMILES string of the molecule is CC(C)(C)OC(=O)[C@@H](NCCc1cc(F)c(-n2c(N)c(C(=O)c3ccc(F)cc3)ccc2=O)c(F)c1)c1ccccc1. The molecule has 7 nitrogen and oxygen atoms in total. The molecule has 0 aliphatic heterocycles. The van der Waals surface area contributed by atoms with E-state index in [1.165, 1.54) is 12.1 Å². The predicted molar refractivity (Wildman–Crippen MR) is 153 cm³/mol. The lowest BCUT2D eigenvalue weighted by Crippen LogP contribution is -2.36. The van der Waals surface area contributed by atoms with Crippen molar-refractivity contribution in [1.29, 1.82) is 0 Å². The summed E-state index contributed by atoms with van der Waals surface area (Å²) < 4.78 is 50.1. The Morgan fingerprint density at radius 1 is 0.929 bits per heavy atom. The summed E-state index contributed by atoms with van der Waals surface area (Å²) in [7, 11) is 0. The number of nitrogen functional groups attached to an aromatic ring is 1. The van der Waals surface area contributed by atoms with E-state index in [1.54, 1.807) is 45.0 Å². The van der Waals surface area contributed by atoms with Gasteiger partial charge in [0.1, 0.15) is 29.0 Å². The van der Waals surface area contributed by atoms with Crippen molar-refractivity contribution in [3.05, 3.63) is 129 Å². The Bertz CT molecular complexity index is 1640. The Hall–Kier alpha value is -4.70. The van der Waals surface area contributed by atoms with Gasteiger partial charge >= 0.3 is 5.97 Å². The van der Waals surface area contributed by atoms with Gasteiger partial charge in [0.05, 0.1) is 5.56 Å². The molecule has 0 fully saturated rings. The van der Waals surface area contributed by atoms with Crippen molar-refractivity contribution in [1.82, 2.24) is 9.88 Å². The van der Waals surface area contributed by atoms with Gasteiger partial charge < -0.3 is 15.8 Å². The van der Waals surface area contributed by atoms with Gasteiger partial charge in [-0.15, -0.1) is 0 Å². The zero-order valence-corrected chi connectivity index (χ0v) is 23.3. The lowest BCUT2D eigenvalue weighted by atomic mass is 10.0. The number of esters is 1. The van der Waals surface area contributed by atoms with E-state index in [1.807, 2.05) is 6.07 Å². The van der Waals surface area contributed by atoms with Gasteiger partial charge in [-0.2, -0.15) is 0 Å². The number of carbonyl (C=O) groups is 2. The van der Waals surface area contributed by atoms with E-state index in [4.69, 9.17) is 10.5 Å². The molecule has 218 valence electrons. The minimum atomic E-state index is -1.07. The van der Waals surface area contributed by atoms with Gasteiger partial charge in [-0.05, 0) is 80.8 Å². The van der Waals surface area contributed by atoms with Gasteiger partial charge in [0.25, 0.3) is 5.56 Å². The van der Waals surface area contributed by atoms with Crippen LogP contribution in [0.2, 0.25) is 0 Å². The third-order valence-electron chi connectivity index (χ3n) is 6.32. The molecule has 10 heteroatoms. The van der Waals surface area contributed by atoms with Crippen LogP contribution in [0.3, 0.4) is 0 Å². The third kappa shape index (κ3) is 6.95. The van der Waals surface area contributed by atoms with E-state index in [0.717, 1.165) is 36.4 Å². The van der Waals surface area contributed by atoms with Crippen molar-refractivity contribution in [3.8, 4) is 5.69 Å². The standard InChI is InChI=1S/C32H30F3N3O4/c1-32(2,3)42-31(41)27(20-7-5-4-6-8-20)37-16-15-19-17-24(34)28(25(35)18-19)38-26(39)14-13-23(30(38)36)29(40)21-9-11-22(33)12-10-21/h4-14,17-18,27,37H,15-16,36H2,1-3H3/t27-/m0/s1. The Morgan fingerprint density at radius 3 is 2.14 bits per heavy atom. The molecule has 42 heavy (non-hydrogen) atoms. The molecule has 4 aromatic rings. The van der Waals surface area contributed by atoms with Gasteiger partial charge in [0.2, 0.25) is 0 Å².